The van der Waals surface area contributed by atoms with Crippen molar-refractivity contribution in [3.63, 3.8) is 0 Å². The number of ether oxygens (including phenoxy) is 3. The topological polar surface area (TPSA) is 184 Å². The Labute approximate surface area is 365 Å². The molecule has 4 aliphatic rings. The molecule has 2 aliphatic heterocycles. The van der Waals surface area contributed by atoms with Gasteiger partial charge in [0, 0.05) is 18.7 Å². The van der Waals surface area contributed by atoms with Gasteiger partial charge in [-0.2, -0.15) is 0 Å². The fourth-order valence-electron chi connectivity index (χ4n) is 9.74. The third-order valence-corrected chi connectivity index (χ3v) is 13.1. The van der Waals surface area contributed by atoms with Gasteiger partial charge in [0.1, 0.15) is 29.8 Å². The van der Waals surface area contributed by atoms with Gasteiger partial charge in [0.05, 0.1) is 56.4 Å². The molecule has 0 bridgehead atoms. The van der Waals surface area contributed by atoms with E-state index in [4.69, 9.17) is 24.2 Å². The molecule has 15 nitrogen and oxygen atoms in total. The molecule has 4 N–H and O–H groups in total. The highest BCUT2D eigenvalue weighted by atomic mass is 16.5. The van der Waals surface area contributed by atoms with Crippen LogP contribution in [0, 0.1) is 5.92 Å². The summed E-state index contributed by atoms with van der Waals surface area (Å²) in [6.45, 7) is 1.62. The molecule has 0 unspecified atom stereocenters. The maximum absolute atomic E-state index is 14.1. The van der Waals surface area contributed by atoms with Crippen molar-refractivity contribution in [3.05, 3.63) is 96.2 Å². The number of fused-ring (bicyclic) bond motifs is 2. The van der Waals surface area contributed by atoms with Gasteiger partial charge in [0.2, 0.25) is 11.8 Å². The Morgan fingerprint density at radius 3 is 2.27 bits per heavy atom. The lowest BCUT2D eigenvalue weighted by Gasteiger charge is -2.37. The number of hydrogen-bond donors (Lipinski definition) is 4. The molecule has 15 heteroatoms. The first-order valence-corrected chi connectivity index (χ1v) is 22.1. The van der Waals surface area contributed by atoms with Gasteiger partial charge in [-0.3, -0.25) is 9.59 Å². The number of carbonyl (C=O) groups excluding carboxylic acids is 4. The second kappa shape index (κ2) is 18.5. The number of nitrogens with one attached hydrogen (secondary N) is 4. The molecule has 0 radical (unpaired) electrons. The number of methoxy groups -OCH3 is 2. The van der Waals surface area contributed by atoms with Gasteiger partial charge < -0.3 is 44.6 Å². The van der Waals surface area contributed by atoms with Gasteiger partial charge in [0.25, 0.3) is 0 Å². The Morgan fingerprint density at radius 1 is 0.762 bits per heavy atom. The van der Waals surface area contributed by atoms with E-state index >= 15 is 0 Å². The first-order chi connectivity index (χ1) is 30.8. The number of hydrogen-bond acceptors (Lipinski definition) is 9. The van der Waals surface area contributed by atoms with Crippen LogP contribution in [0.5, 0.6) is 0 Å². The SMILES string of the molecule is COC(=O)N[C@@H](C(=O)N1CCOC[C@H]1c1nc2ccc(-c3ccc4cc(-c5cnc([C@@H]6CCCN6C(=O)[C@H](NC(=O)OC)C6CCCCC6)[nH]5)ccc4c3)cc2[nH]1)C1=CCC=CC1. The maximum Gasteiger partial charge on any atom is 0.407 e. The molecular weight excluding hydrogens is 801 g/mol. The van der Waals surface area contributed by atoms with Gasteiger partial charge in [-0.15, -0.1) is 0 Å². The van der Waals surface area contributed by atoms with Gasteiger partial charge in [-0.1, -0.05) is 67.8 Å². The Hall–Kier alpha value is -6.48. The third kappa shape index (κ3) is 8.79. The standard InChI is InChI=1S/C48H54N8O7/c1-61-47(59)53-41(29-10-5-3-6-11-29)45(57)55-21-9-14-39(55)43-49-27-38(52-43)35-18-17-31-24-32(15-16-33(31)25-35)34-19-20-36-37(26-34)51-44(50-36)40-28-63-23-22-56(40)46(58)42(54-48(60)62-2)30-12-7-4-8-13-30/h4,7,13,15-20,24-27,29,39-42H,3,5-6,8-12,14,21-23,28H2,1-2H3,(H,49,52)(H,50,51)(H,53,59)(H,54,60)/t39-,40-,41+,42+/m0/s1. The molecule has 9 rings (SSSR count). The van der Waals surface area contributed by atoms with Crippen LogP contribution in [0.2, 0.25) is 0 Å². The van der Waals surface area contributed by atoms with Crippen LogP contribution < -0.4 is 10.6 Å². The number of aromatic nitrogens is 4. The number of likely N-dealkylation sites (tertiary alicyclic amines) is 1. The van der Waals surface area contributed by atoms with E-state index in [1.165, 1.54) is 14.2 Å². The van der Waals surface area contributed by atoms with Crippen molar-refractivity contribution in [1.29, 1.82) is 0 Å². The highest BCUT2D eigenvalue weighted by Gasteiger charge is 2.40. The summed E-state index contributed by atoms with van der Waals surface area (Å²) in [5, 5.41) is 7.78. The van der Waals surface area contributed by atoms with E-state index < -0.39 is 30.3 Å². The molecule has 3 aromatic carbocycles. The smallest absolute Gasteiger partial charge is 0.407 e. The number of benzene rings is 3. The molecule has 1 saturated carbocycles. The van der Waals surface area contributed by atoms with E-state index in [0.717, 1.165) is 101 Å². The fourth-order valence-corrected chi connectivity index (χ4v) is 9.74. The number of carbonyl (C=O) groups is 4. The van der Waals surface area contributed by atoms with E-state index in [9.17, 15) is 19.2 Å². The Kier molecular flexibility index (Phi) is 12.3. The van der Waals surface area contributed by atoms with E-state index in [2.05, 4.69) is 63.1 Å². The lowest BCUT2D eigenvalue weighted by molar-refractivity contribution is -0.141. The van der Waals surface area contributed by atoms with Crippen LogP contribution in [0.4, 0.5) is 9.59 Å². The molecule has 4 atom stereocenters. The van der Waals surface area contributed by atoms with Gasteiger partial charge in [0.15, 0.2) is 0 Å². The van der Waals surface area contributed by atoms with Crippen molar-refractivity contribution < 1.29 is 33.4 Å². The third-order valence-electron chi connectivity index (χ3n) is 13.1. The monoisotopic (exact) mass is 854 g/mol. The van der Waals surface area contributed by atoms with Crippen LogP contribution >= 0.6 is 0 Å². The number of allylic oxidation sites excluding steroid dienone is 3. The summed E-state index contributed by atoms with van der Waals surface area (Å²) in [6, 6.07) is 16.7. The van der Waals surface area contributed by atoms with Crippen molar-refractivity contribution >= 4 is 45.8 Å². The zero-order valence-corrected chi connectivity index (χ0v) is 35.7. The first kappa shape index (κ1) is 41.9. The number of aromatic amines is 2. The molecule has 328 valence electrons. The summed E-state index contributed by atoms with van der Waals surface area (Å²) in [6.07, 6.45) is 14.6. The predicted molar refractivity (Wildman–Crippen MR) is 237 cm³/mol. The Bertz CT molecular complexity index is 2570. The predicted octanol–water partition coefficient (Wildman–Crippen LogP) is 7.64. The van der Waals surface area contributed by atoms with E-state index in [1.807, 2.05) is 41.5 Å². The lowest BCUT2D eigenvalue weighted by atomic mass is 9.83. The quantitative estimate of drug-likeness (QED) is 0.103. The molecule has 4 heterocycles. The highest BCUT2D eigenvalue weighted by molar-refractivity contribution is 5.92. The minimum atomic E-state index is -0.858. The number of morpholine rings is 1. The minimum absolute atomic E-state index is 0.0654. The van der Waals surface area contributed by atoms with E-state index in [1.54, 1.807) is 4.90 Å². The Morgan fingerprint density at radius 2 is 1.49 bits per heavy atom. The molecular formula is C48H54N8O7. The average Bonchev–Trinajstić information content (AvgIpc) is 4.13. The summed E-state index contributed by atoms with van der Waals surface area (Å²) in [4.78, 5) is 73.2. The van der Waals surface area contributed by atoms with E-state index in [-0.39, 0.29) is 30.4 Å². The summed E-state index contributed by atoms with van der Waals surface area (Å²) >= 11 is 0. The van der Waals surface area contributed by atoms with Crippen molar-refractivity contribution in [1.82, 2.24) is 40.4 Å². The number of H-pyrrole nitrogens is 2. The number of amides is 4. The summed E-state index contributed by atoms with van der Waals surface area (Å²) in [7, 11) is 2.62. The van der Waals surface area contributed by atoms with Gasteiger partial charge in [-0.25, -0.2) is 19.6 Å². The molecule has 63 heavy (non-hydrogen) atoms. The van der Waals surface area contributed by atoms with Crippen LogP contribution in [0.1, 0.15) is 81.5 Å². The summed E-state index contributed by atoms with van der Waals surface area (Å²) in [5.41, 5.74) is 6.34. The van der Waals surface area contributed by atoms with Crippen molar-refractivity contribution in [2.75, 3.05) is 40.5 Å². The number of nitrogens with zero attached hydrogens (tertiary/aromatic N) is 4. The largest absolute Gasteiger partial charge is 0.453 e. The average molecular weight is 855 g/mol. The first-order valence-electron chi connectivity index (χ1n) is 22.1. The van der Waals surface area contributed by atoms with Crippen LogP contribution in [0.15, 0.2) is 84.6 Å². The number of alkyl carbamates (subject to hydrolysis) is 2. The molecule has 5 aromatic rings. The molecule has 0 spiro atoms. The zero-order chi connectivity index (χ0) is 43.5. The normalized spacial score (nSPS) is 20.3. The number of rotatable bonds is 10. The molecule has 2 aromatic heterocycles. The Balaban J connectivity index is 0.911. The molecule has 2 saturated heterocycles. The van der Waals surface area contributed by atoms with Crippen LogP contribution in [0.3, 0.4) is 0 Å². The fraction of sp³-hybridized carbons (Fsp3) is 0.417. The lowest BCUT2D eigenvalue weighted by Crippen LogP contribution is -2.53. The molecule has 2 aliphatic carbocycles. The van der Waals surface area contributed by atoms with E-state index in [0.29, 0.717) is 38.4 Å². The van der Waals surface area contributed by atoms with Gasteiger partial charge >= 0.3 is 12.2 Å². The summed E-state index contributed by atoms with van der Waals surface area (Å²) in [5.74, 6) is 1.15. The van der Waals surface area contributed by atoms with Crippen molar-refractivity contribution in [2.45, 2.75) is 82.0 Å². The van der Waals surface area contributed by atoms with Crippen LogP contribution in [0.25, 0.3) is 44.2 Å². The maximum atomic E-state index is 14.1. The van der Waals surface area contributed by atoms with Crippen molar-refractivity contribution in [2.24, 2.45) is 5.92 Å². The molecule has 3 fully saturated rings. The van der Waals surface area contributed by atoms with Crippen LogP contribution in [-0.4, -0.2) is 106 Å². The second-order valence-corrected chi connectivity index (χ2v) is 16.9. The van der Waals surface area contributed by atoms with Crippen molar-refractivity contribution in [3.8, 4) is 22.4 Å². The zero-order valence-electron chi connectivity index (χ0n) is 35.7. The molecule has 4 amide bonds. The second-order valence-electron chi connectivity index (χ2n) is 16.9. The van der Waals surface area contributed by atoms with Gasteiger partial charge in [-0.05, 0) is 96.2 Å². The van der Waals surface area contributed by atoms with Crippen LogP contribution in [-0.2, 0) is 23.8 Å². The summed E-state index contributed by atoms with van der Waals surface area (Å²) < 4.78 is 15.7. The highest BCUT2D eigenvalue weighted by Crippen LogP contribution is 2.36. The minimum Gasteiger partial charge on any atom is -0.453 e. The number of imidazole rings is 2.